The highest BCUT2D eigenvalue weighted by Gasteiger charge is 2.73. The minimum absolute atomic E-state index is 0.00711. The summed E-state index contributed by atoms with van der Waals surface area (Å²) in [6.07, 6.45) is -5.97. The maximum absolute atomic E-state index is 13.3. The number of halogens is 10. The van der Waals surface area contributed by atoms with Crippen molar-refractivity contribution in [1.82, 2.24) is 5.43 Å². The van der Waals surface area contributed by atoms with Crippen LogP contribution in [-0.4, -0.2) is 24.4 Å². The molecule has 0 aliphatic carbocycles. The molecule has 0 spiro atoms. The molecule has 1 N–H and O–H groups in total. The highest BCUT2D eigenvalue weighted by molar-refractivity contribution is 6.36. The highest BCUT2D eigenvalue weighted by Crippen LogP contribution is 2.45. The lowest BCUT2D eigenvalue weighted by molar-refractivity contribution is -0.361. The molecule has 2 rings (SSSR count). The Hall–Kier alpha value is -1.91. The lowest BCUT2D eigenvalue weighted by atomic mass is 10.2. The first kappa shape index (κ1) is 24.4. The second-order valence-electron chi connectivity index (χ2n) is 5.74. The van der Waals surface area contributed by atoms with Crippen molar-refractivity contribution in [3.05, 3.63) is 62.6 Å². The van der Waals surface area contributed by atoms with Crippen LogP contribution in [0.3, 0.4) is 0 Å². The molecule has 0 bridgehead atoms. The molecule has 0 aliphatic heterocycles. The van der Waals surface area contributed by atoms with Gasteiger partial charge in [0, 0.05) is 15.6 Å². The average molecular weight is 498 g/mol. The third-order valence-electron chi connectivity index (χ3n) is 3.49. The number of hydrogen-bond acceptors (Lipinski definition) is 3. The normalized spacial score (nSPS) is 13.0. The first-order chi connectivity index (χ1) is 13.7. The van der Waals surface area contributed by atoms with Crippen molar-refractivity contribution in [3.63, 3.8) is 0 Å². The molecule has 0 atom stereocenters. The van der Waals surface area contributed by atoms with E-state index in [2.05, 4.69) is 5.10 Å². The van der Waals surface area contributed by atoms with Crippen LogP contribution < -0.4 is 10.2 Å². The Labute approximate surface area is 180 Å². The van der Waals surface area contributed by atoms with Crippen molar-refractivity contribution in [3.8, 4) is 5.75 Å². The van der Waals surface area contributed by atoms with Crippen molar-refractivity contribution in [1.29, 1.82) is 0 Å². The standard InChI is InChI=1S/C17H10Cl3F7N2O/c18-11-3-1-9(2-4-11)8-30-14-10(5-12(19)6-13(14)20)7-28-29-17(26,27)15(21,22)16(23,24)25/h1-7,29H,8H2/b28-7-. The fourth-order valence-electron chi connectivity index (χ4n) is 2.00. The Morgan fingerprint density at radius 1 is 0.900 bits per heavy atom. The Bertz CT molecular complexity index is 919. The van der Waals surface area contributed by atoms with Crippen molar-refractivity contribution >= 4 is 41.0 Å². The molecular formula is C17H10Cl3F7N2O. The Balaban J connectivity index is 2.23. The number of benzene rings is 2. The minimum Gasteiger partial charge on any atom is -0.487 e. The molecule has 0 fully saturated rings. The van der Waals surface area contributed by atoms with Crippen LogP contribution in [0.2, 0.25) is 15.1 Å². The molecule has 2 aromatic carbocycles. The van der Waals surface area contributed by atoms with Crippen molar-refractivity contribution in [2.75, 3.05) is 0 Å². The van der Waals surface area contributed by atoms with Gasteiger partial charge in [-0.15, -0.1) is 0 Å². The third-order valence-corrected chi connectivity index (χ3v) is 4.24. The van der Waals surface area contributed by atoms with Crippen LogP contribution in [0.5, 0.6) is 5.75 Å². The molecule has 3 nitrogen and oxygen atoms in total. The van der Waals surface area contributed by atoms with E-state index in [1.807, 2.05) is 0 Å². The molecule has 0 radical (unpaired) electrons. The van der Waals surface area contributed by atoms with Gasteiger partial charge in [-0.1, -0.05) is 46.9 Å². The van der Waals surface area contributed by atoms with E-state index in [1.165, 1.54) is 6.07 Å². The van der Waals surface area contributed by atoms with Gasteiger partial charge in [-0.2, -0.15) is 35.8 Å². The predicted octanol–water partition coefficient (Wildman–Crippen LogP) is 6.94. The Morgan fingerprint density at radius 2 is 1.50 bits per heavy atom. The van der Waals surface area contributed by atoms with Crippen LogP contribution in [0.15, 0.2) is 41.5 Å². The average Bonchev–Trinajstić information content (AvgIpc) is 2.61. The Morgan fingerprint density at radius 3 is 2.07 bits per heavy atom. The largest absolute Gasteiger partial charge is 0.487 e. The van der Waals surface area contributed by atoms with E-state index in [0.29, 0.717) is 22.2 Å². The van der Waals surface area contributed by atoms with Gasteiger partial charge < -0.3 is 4.74 Å². The van der Waals surface area contributed by atoms with E-state index in [0.717, 1.165) is 6.07 Å². The molecule has 2 aromatic rings. The smallest absolute Gasteiger partial charge is 0.462 e. The van der Waals surface area contributed by atoms with Crippen LogP contribution in [0.4, 0.5) is 30.7 Å². The van der Waals surface area contributed by atoms with Gasteiger partial charge >= 0.3 is 18.1 Å². The summed E-state index contributed by atoms with van der Waals surface area (Å²) in [6, 6.07) is 3.09. The van der Waals surface area contributed by atoms with Gasteiger partial charge in [-0.25, -0.2) is 5.43 Å². The molecular weight excluding hydrogens is 488 g/mol. The summed E-state index contributed by atoms with van der Waals surface area (Å²) in [7, 11) is 0. The summed E-state index contributed by atoms with van der Waals surface area (Å²) in [4.78, 5) is 0. The number of ether oxygens (including phenoxy) is 1. The molecule has 0 unspecified atom stereocenters. The number of rotatable bonds is 7. The summed E-state index contributed by atoms with van der Waals surface area (Å²) in [5.74, 6) is -6.48. The topological polar surface area (TPSA) is 33.6 Å². The number of nitrogens with one attached hydrogen (secondary N) is 1. The fraction of sp³-hybridized carbons (Fsp3) is 0.235. The first-order valence-electron chi connectivity index (χ1n) is 7.73. The number of alkyl halides is 7. The van der Waals surface area contributed by atoms with Crippen molar-refractivity contribution < 1.29 is 35.5 Å². The second-order valence-corrected chi connectivity index (χ2v) is 7.02. The number of hydrogen-bond donors (Lipinski definition) is 1. The SMILES string of the molecule is FC(F)(F)C(F)(F)C(F)(F)N/N=C\c1cc(Cl)cc(Cl)c1OCc1ccc(Cl)cc1. The van der Waals surface area contributed by atoms with Crippen LogP contribution in [0, 0.1) is 0 Å². The zero-order valence-corrected chi connectivity index (χ0v) is 16.7. The molecule has 0 saturated heterocycles. The summed E-state index contributed by atoms with van der Waals surface area (Å²) in [5.41, 5.74) is 0.999. The van der Waals surface area contributed by atoms with Crippen LogP contribution >= 0.6 is 34.8 Å². The van der Waals surface area contributed by atoms with E-state index in [1.54, 1.807) is 24.3 Å². The highest BCUT2D eigenvalue weighted by atomic mass is 35.5. The molecule has 0 aliphatic rings. The summed E-state index contributed by atoms with van der Waals surface area (Å²) >= 11 is 17.6. The maximum Gasteiger partial charge on any atom is 0.462 e. The first-order valence-corrected chi connectivity index (χ1v) is 8.87. The fourth-order valence-corrected chi connectivity index (χ4v) is 2.69. The van der Waals surface area contributed by atoms with Gasteiger partial charge in [0.05, 0.1) is 11.2 Å². The van der Waals surface area contributed by atoms with E-state index >= 15 is 0 Å². The molecule has 0 amide bonds. The summed E-state index contributed by atoms with van der Waals surface area (Å²) in [6.45, 7) is -0.0604. The monoisotopic (exact) mass is 496 g/mol. The lowest BCUT2D eigenvalue weighted by Gasteiger charge is -2.27. The van der Waals surface area contributed by atoms with E-state index in [9.17, 15) is 30.7 Å². The molecule has 30 heavy (non-hydrogen) atoms. The van der Waals surface area contributed by atoms with Crippen LogP contribution in [0.1, 0.15) is 11.1 Å². The van der Waals surface area contributed by atoms with Crippen molar-refractivity contribution in [2.45, 2.75) is 24.8 Å². The van der Waals surface area contributed by atoms with Gasteiger partial charge in [-0.05, 0) is 29.8 Å². The summed E-state index contributed by atoms with van der Waals surface area (Å²) in [5, 5.41) is 3.18. The number of hydrazone groups is 1. The molecule has 0 heterocycles. The molecule has 164 valence electrons. The van der Waals surface area contributed by atoms with Gasteiger partial charge in [0.15, 0.2) is 0 Å². The van der Waals surface area contributed by atoms with Gasteiger partial charge in [0.25, 0.3) is 0 Å². The quantitative estimate of drug-likeness (QED) is 0.195. The van der Waals surface area contributed by atoms with Gasteiger partial charge in [0.2, 0.25) is 0 Å². The number of nitrogens with zero attached hydrogens (tertiary/aromatic N) is 1. The Kier molecular flexibility index (Phi) is 7.36. The maximum atomic E-state index is 13.3. The lowest BCUT2D eigenvalue weighted by Crippen LogP contribution is -2.58. The molecule has 13 heteroatoms. The zero-order chi connectivity index (χ0) is 22.7. The molecule has 0 aromatic heterocycles. The van der Waals surface area contributed by atoms with E-state index in [4.69, 9.17) is 39.5 Å². The minimum atomic E-state index is -6.49. The van der Waals surface area contributed by atoms with Crippen molar-refractivity contribution in [2.24, 2.45) is 5.10 Å². The van der Waals surface area contributed by atoms with Gasteiger partial charge in [-0.3, -0.25) is 0 Å². The van der Waals surface area contributed by atoms with Crippen LogP contribution in [0.25, 0.3) is 0 Å². The second kappa shape index (κ2) is 9.07. The van der Waals surface area contributed by atoms with E-state index < -0.39 is 18.1 Å². The zero-order valence-electron chi connectivity index (χ0n) is 14.4. The van der Waals surface area contributed by atoms with Gasteiger partial charge in [0.1, 0.15) is 12.4 Å². The van der Waals surface area contributed by atoms with Crippen LogP contribution in [-0.2, 0) is 6.61 Å². The third kappa shape index (κ3) is 5.61. The predicted molar refractivity (Wildman–Crippen MR) is 98.9 cm³/mol. The van der Waals surface area contributed by atoms with E-state index in [-0.39, 0.29) is 28.0 Å². The summed E-state index contributed by atoms with van der Waals surface area (Å²) < 4.78 is 94.3. The molecule has 0 saturated carbocycles.